The second kappa shape index (κ2) is 17.0. The summed E-state index contributed by atoms with van der Waals surface area (Å²) in [5.41, 5.74) is 0. The lowest BCUT2D eigenvalue weighted by atomic mass is 10.2. The molecule has 0 unspecified atom stereocenters. The lowest BCUT2D eigenvalue weighted by Gasteiger charge is -2.18. The summed E-state index contributed by atoms with van der Waals surface area (Å²) in [4.78, 5) is 0. The molecule has 0 spiro atoms. The van der Waals surface area contributed by atoms with Gasteiger partial charge >= 0.3 is 0 Å². The average molecular weight is 292 g/mol. The number of unbranched alkanes of at least 4 members (excludes halogenated alkanes) is 4. The van der Waals surface area contributed by atoms with Crippen molar-refractivity contribution in [2.24, 2.45) is 0 Å². The van der Waals surface area contributed by atoms with Crippen molar-refractivity contribution in [1.29, 1.82) is 0 Å². The molecule has 0 amide bonds. The van der Waals surface area contributed by atoms with Gasteiger partial charge in [0.1, 0.15) is 0 Å². The minimum absolute atomic E-state index is 0.0734. The molecule has 120 valence electrons. The van der Waals surface area contributed by atoms with Crippen LogP contribution in [0.1, 0.15) is 65.2 Å². The van der Waals surface area contributed by atoms with E-state index in [-0.39, 0.29) is 6.29 Å². The standard InChI is InChI=1S/C19H32O2/c1-4-7-10-11-12-13-16-19(20-17-14-8-5-2)21-18-15-9-6-3/h4,11-12,19H,1,5-6,8-9,13-18H2,2-3H3/b12-11-. The third-order valence-corrected chi connectivity index (χ3v) is 3.06. The van der Waals surface area contributed by atoms with Crippen molar-refractivity contribution in [2.45, 2.75) is 71.5 Å². The predicted octanol–water partition coefficient (Wildman–Crippen LogP) is 5.25. The third kappa shape index (κ3) is 15.2. The van der Waals surface area contributed by atoms with E-state index in [0.29, 0.717) is 0 Å². The first-order valence-corrected chi connectivity index (χ1v) is 8.35. The largest absolute Gasteiger partial charge is 0.353 e. The molecule has 0 aromatic heterocycles. The predicted molar refractivity (Wildman–Crippen MR) is 91.1 cm³/mol. The molecule has 2 heteroatoms. The molecular weight excluding hydrogens is 260 g/mol. The zero-order chi connectivity index (χ0) is 15.6. The molecule has 0 N–H and O–H groups in total. The van der Waals surface area contributed by atoms with Crippen molar-refractivity contribution in [3.05, 3.63) is 24.8 Å². The van der Waals surface area contributed by atoms with Crippen LogP contribution < -0.4 is 0 Å². The summed E-state index contributed by atoms with van der Waals surface area (Å²) < 4.78 is 11.7. The number of rotatable bonds is 13. The highest BCUT2D eigenvalue weighted by molar-refractivity contribution is 5.21. The lowest BCUT2D eigenvalue weighted by Crippen LogP contribution is -2.18. The maximum Gasteiger partial charge on any atom is 0.157 e. The summed E-state index contributed by atoms with van der Waals surface area (Å²) in [6.07, 6.45) is 14.4. The molecule has 0 heterocycles. The van der Waals surface area contributed by atoms with Crippen molar-refractivity contribution >= 4 is 0 Å². The van der Waals surface area contributed by atoms with Crippen molar-refractivity contribution in [3.8, 4) is 11.8 Å². The van der Waals surface area contributed by atoms with Gasteiger partial charge in [-0.2, -0.15) is 0 Å². The van der Waals surface area contributed by atoms with Crippen LogP contribution in [0.25, 0.3) is 0 Å². The smallest absolute Gasteiger partial charge is 0.157 e. The van der Waals surface area contributed by atoms with Crippen molar-refractivity contribution in [1.82, 2.24) is 0 Å². The molecular formula is C19H32O2. The number of hydrogen-bond donors (Lipinski definition) is 0. The Labute approximate surface area is 131 Å². The van der Waals surface area contributed by atoms with Crippen LogP contribution in [0.3, 0.4) is 0 Å². The van der Waals surface area contributed by atoms with E-state index in [4.69, 9.17) is 9.47 Å². The fourth-order valence-corrected chi connectivity index (χ4v) is 1.83. The molecule has 0 aliphatic carbocycles. The highest BCUT2D eigenvalue weighted by atomic mass is 16.7. The van der Waals surface area contributed by atoms with E-state index >= 15 is 0 Å². The van der Waals surface area contributed by atoms with Crippen LogP contribution in [0.4, 0.5) is 0 Å². The van der Waals surface area contributed by atoms with Crippen LogP contribution in [0.15, 0.2) is 24.8 Å². The van der Waals surface area contributed by atoms with E-state index in [1.165, 1.54) is 25.7 Å². The van der Waals surface area contributed by atoms with Gasteiger partial charge in [0.15, 0.2) is 6.29 Å². The van der Waals surface area contributed by atoms with E-state index in [1.807, 2.05) is 6.08 Å². The molecule has 0 saturated heterocycles. The van der Waals surface area contributed by atoms with Gasteiger partial charge in [0, 0.05) is 19.6 Å². The minimum atomic E-state index is -0.0734. The summed E-state index contributed by atoms with van der Waals surface area (Å²) in [7, 11) is 0. The number of hydrogen-bond acceptors (Lipinski definition) is 2. The molecule has 21 heavy (non-hydrogen) atoms. The number of ether oxygens (including phenoxy) is 2. The SMILES string of the molecule is C=CC#C/C=C\CCC(OCCCCC)OCCCCC. The summed E-state index contributed by atoms with van der Waals surface area (Å²) in [6.45, 7) is 9.56. The molecule has 2 nitrogen and oxygen atoms in total. The van der Waals surface area contributed by atoms with Gasteiger partial charge in [-0.15, -0.1) is 0 Å². The van der Waals surface area contributed by atoms with Crippen molar-refractivity contribution in [3.63, 3.8) is 0 Å². The van der Waals surface area contributed by atoms with Crippen molar-refractivity contribution in [2.75, 3.05) is 13.2 Å². The fraction of sp³-hybridized carbons (Fsp3) is 0.684. The third-order valence-electron chi connectivity index (χ3n) is 3.06. The highest BCUT2D eigenvalue weighted by Gasteiger charge is 2.08. The molecule has 0 atom stereocenters. The summed E-state index contributed by atoms with van der Waals surface area (Å²) in [5.74, 6) is 5.70. The zero-order valence-electron chi connectivity index (χ0n) is 13.9. The maximum atomic E-state index is 5.84. The first-order valence-electron chi connectivity index (χ1n) is 8.35. The lowest BCUT2D eigenvalue weighted by molar-refractivity contribution is -0.146. The summed E-state index contributed by atoms with van der Waals surface area (Å²) >= 11 is 0. The van der Waals surface area contributed by atoms with Gasteiger partial charge in [-0.1, -0.05) is 64.0 Å². The Morgan fingerprint density at radius 2 is 1.57 bits per heavy atom. The normalized spacial score (nSPS) is 10.8. The van der Waals surface area contributed by atoms with Crippen LogP contribution in [-0.2, 0) is 9.47 Å². The minimum Gasteiger partial charge on any atom is -0.353 e. The molecule has 0 aliphatic rings. The second-order valence-electron chi connectivity index (χ2n) is 5.06. The van der Waals surface area contributed by atoms with Gasteiger partial charge in [0.25, 0.3) is 0 Å². The molecule has 0 bridgehead atoms. The van der Waals surface area contributed by atoms with Gasteiger partial charge in [-0.05, 0) is 31.4 Å². The Morgan fingerprint density at radius 1 is 0.952 bits per heavy atom. The summed E-state index contributed by atoms with van der Waals surface area (Å²) in [5, 5.41) is 0. The van der Waals surface area contributed by atoms with E-state index in [1.54, 1.807) is 6.08 Å². The van der Waals surface area contributed by atoms with E-state index in [9.17, 15) is 0 Å². The maximum absolute atomic E-state index is 5.84. The Bertz CT molecular complexity index is 297. The Kier molecular flexibility index (Phi) is 16.2. The Balaban J connectivity index is 3.92. The van der Waals surface area contributed by atoms with Crippen LogP contribution in [0, 0.1) is 11.8 Å². The quantitative estimate of drug-likeness (QED) is 0.262. The molecule has 0 aromatic carbocycles. The molecule has 0 aromatic rings. The second-order valence-corrected chi connectivity index (χ2v) is 5.06. The van der Waals surface area contributed by atoms with Gasteiger partial charge in [-0.3, -0.25) is 0 Å². The molecule has 0 fully saturated rings. The van der Waals surface area contributed by atoms with E-state index in [0.717, 1.165) is 38.9 Å². The molecule has 0 aliphatic heterocycles. The molecule has 0 rings (SSSR count). The molecule has 0 saturated carbocycles. The van der Waals surface area contributed by atoms with Crippen LogP contribution in [0.5, 0.6) is 0 Å². The van der Waals surface area contributed by atoms with Gasteiger partial charge < -0.3 is 9.47 Å². The Morgan fingerprint density at radius 3 is 2.10 bits per heavy atom. The van der Waals surface area contributed by atoms with Crippen molar-refractivity contribution < 1.29 is 9.47 Å². The number of allylic oxidation sites excluding steroid dienone is 3. The van der Waals surface area contributed by atoms with Crippen LogP contribution in [0.2, 0.25) is 0 Å². The fourth-order valence-electron chi connectivity index (χ4n) is 1.83. The first kappa shape index (κ1) is 20.0. The van der Waals surface area contributed by atoms with E-state index in [2.05, 4.69) is 38.3 Å². The van der Waals surface area contributed by atoms with Gasteiger partial charge in [-0.25, -0.2) is 0 Å². The van der Waals surface area contributed by atoms with Crippen LogP contribution in [-0.4, -0.2) is 19.5 Å². The van der Waals surface area contributed by atoms with Gasteiger partial charge in [0.05, 0.1) is 0 Å². The topological polar surface area (TPSA) is 18.5 Å². The molecule has 0 radical (unpaired) electrons. The van der Waals surface area contributed by atoms with Gasteiger partial charge in [0.2, 0.25) is 0 Å². The highest BCUT2D eigenvalue weighted by Crippen LogP contribution is 2.09. The zero-order valence-corrected chi connectivity index (χ0v) is 13.9. The first-order chi connectivity index (χ1) is 10.3. The Hall–Kier alpha value is -1.04. The van der Waals surface area contributed by atoms with Crippen LogP contribution >= 0.6 is 0 Å². The van der Waals surface area contributed by atoms with E-state index < -0.39 is 0 Å². The summed E-state index contributed by atoms with van der Waals surface area (Å²) in [6, 6.07) is 0. The monoisotopic (exact) mass is 292 g/mol. The average Bonchev–Trinajstić information content (AvgIpc) is 2.50.